The average Bonchev–Trinajstić information content (AvgIpc) is 2.68. The van der Waals surface area contributed by atoms with Crippen molar-refractivity contribution in [3.8, 4) is 0 Å². The van der Waals surface area contributed by atoms with Gasteiger partial charge in [0, 0.05) is 0 Å². The summed E-state index contributed by atoms with van der Waals surface area (Å²) >= 11 is 1.93. The SMILES string of the molecule is CC.C\C=C/C(/C=C/C=C(C)/C=C/C1=C(C)CCCC1(C)C)=C\C(=C\CC)OI. The van der Waals surface area contributed by atoms with Gasteiger partial charge in [0.05, 0.1) is 0 Å². The van der Waals surface area contributed by atoms with Crippen molar-refractivity contribution >= 4 is 23.0 Å². The Bertz CT molecular complexity index is 694. The highest BCUT2D eigenvalue weighted by atomic mass is 127. The van der Waals surface area contributed by atoms with Crippen LogP contribution in [-0.2, 0) is 3.07 Å². The third kappa shape index (κ3) is 10.9. The zero-order valence-electron chi connectivity index (χ0n) is 19.8. The van der Waals surface area contributed by atoms with Crippen LogP contribution in [0.4, 0.5) is 0 Å². The van der Waals surface area contributed by atoms with Crippen molar-refractivity contribution < 1.29 is 3.07 Å². The van der Waals surface area contributed by atoms with Gasteiger partial charge in [0.1, 0.15) is 5.76 Å². The normalized spacial score (nSPS) is 18.6. The van der Waals surface area contributed by atoms with Crippen molar-refractivity contribution in [3.63, 3.8) is 0 Å². The standard InChI is InChI=1S/C25H35IO.C2H6/c1-7-11-22(19-23(27-26)12-8-2)15-9-13-20(3)16-17-24-21(4)14-10-18-25(24,5)6;1-2/h7,9,11-13,15-17,19H,8,10,14,18H2,1-6H3;1-2H3/b11-7-,15-9+,17-16+,20-13+,22-19+,23-12-;. The number of halogens is 1. The first kappa shape index (κ1) is 27.7. The molecule has 1 nitrogen and oxygen atoms in total. The second kappa shape index (κ2) is 15.5. The average molecular weight is 509 g/mol. The van der Waals surface area contributed by atoms with Crippen LogP contribution in [0.2, 0.25) is 0 Å². The number of rotatable bonds is 8. The van der Waals surface area contributed by atoms with E-state index in [0.29, 0.717) is 0 Å². The molecule has 0 aromatic heterocycles. The summed E-state index contributed by atoms with van der Waals surface area (Å²) in [6.45, 7) is 17.3. The molecule has 0 saturated carbocycles. The molecule has 2 heteroatoms. The smallest absolute Gasteiger partial charge is 0.192 e. The molecule has 1 aliphatic carbocycles. The maximum atomic E-state index is 5.39. The van der Waals surface area contributed by atoms with Crippen molar-refractivity contribution in [1.82, 2.24) is 0 Å². The Hall–Kier alpha value is -1.29. The Kier molecular flexibility index (Phi) is 14.8. The second-order valence-corrected chi connectivity index (χ2v) is 8.21. The highest BCUT2D eigenvalue weighted by molar-refractivity contribution is 14.1. The lowest BCUT2D eigenvalue weighted by molar-refractivity contribution is 0.377. The van der Waals surface area contributed by atoms with E-state index in [1.807, 2.05) is 49.9 Å². The lowest BCUT2D eigenvalue weighted by Gasteiger charge is -2.32. The summed E-state index contributed by atoms with van der Waals surface area (Å²) in [5.41, 5.74) is 5.71. The van der Waals surface area contributed by atoms with Gasteiger partial charge in [-0.15, -0.1) is 0 Å². The molecule has 1 rings (SSSR count). The molecule has 0 saturated heterocycles. The highest BCUT2D eigenvalue weighted by Gasteiger charge is 2.26. The third-order valence-corrected chi connectivity index (χ3v) is 5.37. The van der Waals surface area contributed by atoms with Crippen LogP contribution >= 0.6 is 23.0 Å². The van der Waals surface area contributed by atoms with Crippen LogP contribution in [-0.4, -0.2) is 0 Å². The van der Waals surface area contributed by atoms with Gasteiger partial charge in [-0.1, -0.05) is 88.3 Å². The van der Waals surface area contributed by atoms with Crippen LogP contribution in [0, 0.1) is 5.41 Å². The van der Waals surface area contributed by atoms with Gasteiger partial charge in [-0.25, -0.2) is 0 Å². The summed E-state index contributed by atoms with van der Waals surface area (Å²) in [7, 11) is 0. The van der Waals surface area contributed by atoms with Gasteiger partial charge in [0.2, 0.25) is 0 Å². The monoisotopic (exact) mass is 508 g/mol. The molecular weight excluding hydrogens is 467 g/mol. The predicted octanol–water partition coefficient (Wildman–Crippen LogP) is 9.76. The van der Waals surface area contributed by atoms with Gasteiger partial charge >= 0.3 is 0 Å². The predicted molar refractivity (Wildman–Crippen MR) is 140 cm³/mol. The molecule has 0 atom stereocenters. The number of allylic oxidation sites excluding steroid dienone is 13. The zero-order valence-corrected chi connectivity index (χ0v) is 22.0. The van der Waals surface area contributed by atoms with E-state index in [2.05, 4.69) is 83.2 Å². The van der Waals surface area contributed by atoms with Crippen LogP contribution in [0.3, 0.4) is 0 Å². The molecule has 0 radical (unpaired) electrons. The Morgan fingerprint density at radius 3 is 2.41 bits per heavy atom. The summed E-state index contributed by atoms with van der Waals surface area (Å²) in [4.78, 5) is 0. The minimum absolute atomic E-state index is 0.290. The van der Waals surface area contributed by atoms with Crippen molar-refractivity contribution in [1.29, 1.82) is 0 Å². The molecule has 0 aromatic rings. The first-order valence-corrected chi connectivity index (χ1v) is 11.8. The summed E-state index contributed by atoms with van der Waals surface area (Å²) in [6, 6.07) is 0. The zero-order chi connectivity index (χ0) is 22.3. The largest absolute Gasteiger partial charge is 0.428 e. The summed E-state index contributed by atoms with van der Waals surface area (Å²) in [6.07, 6.45) is 24.0. The molecule has 0 aliphatic heterocycles. The van der Waals surface area contributed by atoms with Crippen molar-refractivity contribution in [2.45, 2.75) is 81.1 Å². The number of hydrogen-bond acceptors (Lipinski definition) is 1. The third-order valence-electron chi connectivity index (χ3n) is 4.87. The highest BCUT2D eigenvalue weighted by Crippen LogP contribution is 2.40. The molecule has 0 bridgehead atoms. The summed E-state index contributed by atoms with van der Waals surface area (Å²) in [5.74, 6) is 0.887. The number of hydrogen-bond donors (Lipinski definition) is 0. The van der Waals surface area contributed by atoms with E-state index >= 15 is 0 Å². The maximum Gasteiger partial charge on any atom is 0.192 e. The van der Waals surface area contributed by atoms with E-state index in [4.69, 9.17) is 3.07 Å². The summed E-state index contributed by atoms with van der Waals surface area (Å²) < 4.78 is 5.39. The van der Waals surface area contributed by atoms with Gasteiger partial charge in [-0.3, -0.25) is 0 Å². The van der Waals surface area contributed by atoms with Crippen molar-refractivity contribution in [3.05, 3.63) is 82.7 Å². The van der Waals surface area contributed by atoms with Crippen LogP contribution in [0.1, 0.15) is 81.1 Å². The van der Waals surface area contributed by atoms with Crippen molar-refractivity contribution in [2.75, 3.05) is 0 Å². The molecule has 0 amide bonds. The Morgan fingerprint density at radius 2 is 1.86 bits per heavy atom. The molecule has 0 N–H and O–H groups in total. The molecule has 0 fully saturated rings. The Balaban J connectivity index is 0.00000379. The lowest BCUT2D eigenvalue weighted by atomic mass is 9.72. The summed E-state index contributed by atoms with van der Waals surface area (Å²) in [5, 5.41) is 0. The molecule has 29 heavy (non-hydrogen) atoms. The van der Waals surface area contributed by atoms with E-state index < -0.39 is 0 Å². The Morgan fingerprint density at radius 1 is 1.17 bits per heavy atom. The minimum atomic E-state index is 0.290. The van der Waals surface area contributed by atoms with Gasteiger partial charge in [-0.2, -0.15) is 0 Å². The van der Waals surface area contributed by atoms with E-state index in [1.54, 1.807) is 0 Å². The fourth-order valence-corrected chi connectivity index (χ4v) is 3.72. The van der Waals surface area contributed by atoms with E-state index in [-0.39, 0.29) is 5.41 Å². The van der Waals surface area contributed by atoms with E-state index in [9.17, 15) is 0 Å². The fourth-order valence-electron chi connectivity index (χ4n) is 3.41. The molecule has 0 heterocycles. The fraction of sp³-hybridized carbons (Fsp3) is 0.481. The maximum absolute atomic E-state index is 5.39. The van der Waals surface area contributed by atoms with Gasteiger partial charge < -0.3 is 3.07 Å². The van der Waals surface area contributed by atoms with Crippen LogP contribution in [0.5, 0.6) is 0 Å². The molecule has 0 unspecified atom stereocenters. The molecule has 162 valence electrons. The van der Waals surface area contributed by atoms with E-state index in [1.165, 1.54) is 36.0 Å². The molecular formula is C27H41IO. The van der Waals surface area contributed by atoms with E-state index in [0.717, 1.165) is 17.8 Å². The molecule has 0 aromatic carbocycles. The molecule has 1 aliphatic rings. The van der Waals surface area contributed by atoms with Crippen LogP contribution < -0.4 is 0 Å². The van der Waals surface area contributed by atoms with Crippen LogP contribution in [0.25, 0.3) is 0 Å². The van der Waals surface area contributed by atoms with Gasteiger partial charge in [0.15, 0.2) is 23.0 Å². The second-order valence-electron chi connectivity index (χ2n) is 7.77. The quantitative estimate of drug-likeness (QED) is 0.180. The Labute approximate surface area is 194 Å². The topological polar surface area (TPSA) is 9.23 Å². The minimum Gasteiger partial charge on any atom is -0.428 e. The van der Waals surface area contributed by atoms with Crippen LogP contribution in [0.15, 0.2) is 82.7 Å². The van der Waals surface area contributed by atoms with Crippen molar-refractivity contribution in [2.24, 2.45) is 5.41 Å². The first-order chi connectivity index (χ1) is 13.8. The van der Waals surface area contributed by atoms with Gasteiger partial charge in [-0.05, 0) is 75.2 Å². The van der Waals surface area contributed by atoms with Gasteiger partial charge in [0.25, 0.3) is 0 Å². The molecule has 0 spiro atoms. The lowest BCUT2D eigenvalue weighted by Crippen LogP contribution is -2.19. The first-order valence-electron chi connectivity index (χ1n) is 10.9.